The number of halogens is 16. The Morgan fingerprint density at radius 3 is 1.19 bits per heavy atom. The van der Waals surface area contributed by atoms with Crippen LogP contribution in [0.3, 0.4) is 0 Å². The van der Waals surface area contributed by atoms with E-state index < -0.39 is 182 Å². The summed E-state index contributed by atoms with van der Waals surface area (Å²) in [7, 11) is 0. The average molecular weight is 866 g/mol. The molecule has 8 nitrogen and oxygen atoms in total. The number of H-pyrrole nitrogens is 1. The zero-order valence-electron chi connectivity index (χ0n) is 26.1. The molecule has 0 spiro atoms. The van der Waals surface area contributed by atoms with Gasteiger partial charge >= 0.3 is 0 Å². The number of nitrogens with one attached hydrogen (secondary N) is 1. The minimum Gasteiger partial charge on any atom is -0.324 e. The molecular formula is C32H2CuF16N8. The maximum absolute atomic E-state index is 16.3. The van der Waals surface area contributed by atoms with Gasteiger partial charge < -0.3 is 4.98 Å². The molecule has 4 aromatic carbocycles. The van der Waals surface area contributed by atoms with E-state index in [0.29, 0.717) is 0 Å². The van der Waals surface area contributed by atoms with Crippen molar-refractivity contribution < 1.29 is 87.4 Å². The van der Waals surface area contributed by atoms with Crippen LogP contribution in [0.25, 0.3) is 89.7 Å². The van der Waals surface area contributed by atoms with Crippen LogP contribution in [0.4, 0.5) is 70.3 Å². The summed E-state index contributed by atoms with van der Waals surface area (Å²) in [6, 6.07) is 0.162. The zero-order chi connectivity index (χ0) is 40.1. The molecule has 293 valence electrons. The van der Waals surface area contributed by atoms with Gasteiger partial charge in [-0.05, 0) is 6.07 Å². The normalized spacial score (nSPS) is 12.1. The van der Waals surface area contributed by atoms with Crippen molar-refractivity contribution in [3.05, 3.63) is 93.3 Å². The van der Waals surface area contributed by atoms with Crippen LogP contribution < -0.4 is 0 Å². The van der Waals surface area contributed by atoms with Crippen LogP contribution in [0.1, 0.15) is 0 Å². The smallest absolute Gasteiger partial charge is 0.198 e. The maximum atomic E-state index is 16.3. The van der Waals surface area contributed by atoms with Crippen LogP contribution in [0.15, 0.2) is 6.07 Å². The van der Waals surface area contributed by atoms with Crippen molar-refractivity contribution in [2.45, 2.75) is 0 Å². The number of rotatable bonds is 0. The van der Waals surface area contributed by atoms with Crippen molar-refractivity contribution in [1.82, 2.24) is 39.7 Å². The molecule has 9 rings (SSSR count). The quantitative estimate of drug-likeness (QED) is 0.0707. The van der Waals surface area contributed by atoms with Gasteiger partial charge in [0.1, 0.15) is 11.3 Å². The first-order valence-corrected chi connectivity index (χ1v) is 14.7. The number of nitrogens with zero attached hydrogens (tertiary/aromatic N) is 7. The number of aromatic nitrogens is 8. The number of hydrogen-bond donors (Lipinski definition) is 1. The molecule has 1 N–H and O–H groups in total. The summed E-state index contributed by atoms with van der Waals surface area (Å²) in [6.45, 7) is 0. The Kier molecular flexibility index (Phi) is 8.12. The second-order valence-electron chi connectivity index (χ2n) is 11.6. The third-order valence-electron chi connectivity index (χ3n) is 8.69. The van der Waals surface area contributed by atoms with Gasteiger partial charge in [-0.1, -0.05) is 4.48 Å². The Morgan fingerprint density at radius 1 is 0.368 bits per heavy atom. The van der Waals surface area contributed by atoms with E-state index in [2.05, 4.69) is 29.9 Å². The van der Waals surface area contributed by atoms with E-state index in [1.54, 1.807) is 0 Å². The first kappa shape index (κ1) is 37.6. The third-order valence-corrected chi connectivity index (χ3v) is 8.69. The fourth-order valence-corrected chi connectivity index (χ4v) is 6.24. The van der Waals surface area contributed by atoms with Crippen molar-refractivity contribution >= 4 is 44.1 Å². The minimum atomic E-state index is -2.63. The third kappa shape index (κ3) is 4.77. The molecule has 57 heavy (non-hydrogen) atoms. The molecule has 0 aliphatic carbocycles. The van der Waals surface area contributed by atoms with E-state index in [4.69, 9.17) is 0 Å². The second-order valence-corrected chi connectivity index (χ2v) is 11.6. The minimum absolute atomic E-state index is 0. The van der Waals surface area contributed by atoms with Gasteiger partial charge in [-0.2, -0.15) is 0 Å². The van der Waals surface area contributed by atoms with Crippen LogP contribution in [0.5, 0.6) is 0 Å². The Balaban J connectivity index is 0.00000455. The van der Waals surface area contributed by atoms with Gasteiger partial charge in [-0.25, -0.2) is 95.8 Å². The van der Waals surface area contributed by atoms with Crippen LogP contribution in [-0.4, -0.2) is 39.7 Å². The Bertz CT molecular complexity index is 3240. The Morgan fingerprint density at radius 2 is 0.719 bits per heavy atom. The molecular weight excluding hydrogens is 864 g/mol. The van der Waals surface area contributed by atoms with E-state index in [1.165, 1.54) is 0 Å². The summed E-state index contributed by atoms with van der Waals surface area (Å²) in [6.07, 6.45) is 0. The fourth-order valence-electron chi connectivity index (χ4n) is 6.24. The van der Waals surface area contributed by atoms with Crippen molar-refractivity contribution in [3.63, 3.8) is 0 Å². The predicted molar refractivity (Wildman–Crippen MR) is 156 cm³/mol. The van der Waals surface area contributed by atoms with Gasteiger partial charge in [0.15, 0.2) is 122 Å². The molecule has 2 aliphatic heterocycles. The number of fused-ring (bicyclic) bond motifs is 20. The molecule has 25 heteroatoms. The van der Waals surface area contributed by atoms with E-state index in [0.717, 1.165) is 0 Å². The Labute approximate surface area is 309 Å². The van der Waals surface area contributed by atoms with Crippen molar-refractivity contribution in [2.24, 2.45) is 0 Å². The maximum Gasteiger partial charge on any atom is 0.198 e. The molecule has 0 fully saturated rings. The van der Waals surface area contributed by atoms with Crippen molar-refractivity contribution in [3.8, 4) is 45.6 Å². The SMILES string of the molecule is Fc1cc2c(c(F)c1F)-c1nc-2nc2[nH]c(nc3nc(nc4c5c(F)c(F)c(F)c(F)c5c(n1)n4F)-c1c(F)c(F)c(F)c(F)c1-3)c1c(F)c(F)c(F)c(F)c21.[Cu]. The van der Waals surface area contributed by atoms with Gasteiger partial charge in [0.05, 0.1) is 38.2 Å². The average Bonchev–Trinajstić information content (AvgIpc) is 3.89. The predicted octanol–water partition coefficient (Wildman–Crippen LogP) is 9.16. The van der Waals surface area contributed by atoms with E-state index in [9.17, 15) is 35.1 Å². The Hall–Kier alpha value is -6.36. The zero-order valence-corrected chi connectivity index (χ0v) is 27.0. The van der Waals surface area contributed by atoms with Crippen LogP contribution in [0, 0.1) is 87.3 Å². The number of benzene rings is 4. The molecule has 0 saturated carbocycles. The monoisotopic (exact) mass is 865 g/mol. The summed E-state index contributed by atoms with van der Waals surface area (Å²) in [5.41, 5.74) is -11.4. The summed E-state index contributed by atoms with van der Waals surface area (Å²) in [5.74, 6) is -41.5. The molecule has 1 radical (unpaired) electrons. The second kappa shape index (κ2) is 12.3. The molecule has 0 amide bonds. The molecule has 2 aliphatic rings. The molecule has 0 saturated heterocycles. The van der Waals surface area contributed by atoms with Gasteiger partial charge in [0.2, 0.25) is 0 Å². The standard InChI is InChI=1S/C32H2F16N8.Cu/c33-3-1-2-4(12(35)11(3)34)26-49-25(2)50-27-5-6(14(37)20(43)19(42)13(5)36)28(51-27)52-29-7-8(16(39)22(45)21(44)15(7)38)30(53-29)55-32-10-9(31(54-26)56(32)48)17(40)23(46)24(47)18(10)41;/h1H,(H,49,50,51,52,53,54,55);. The largest absolute Gasteiger partial charge is 0.324 e. The van der Waals surface area contributed by atoms with Crippen LogP contribution >= 0.6 is 0 Å². The fraction of sp³-hybridized carbons (Fsp3) is 0. The first-order valence-electron chi connectivity index (χ1n) is 14.7. The van der Waals surface area contributed by atoms with Gasteiger partial charge in [-0.3, -0.25) is 0 Å². The molecule has 0 unspecified atom stereocenters. The van der Waals surface area contributed by atoms with Crippen LogP contribution in [0.2, 0.25) is 0 Å². The molecule has 8 bridgehead atoms. The molecule has 7 aromatic rings. The van der Waals surface area contributed by atoms with Gasteiger partial charge in [0, 0.05) is 22.6 Å². The first-order chi connectivity index (χ1) is 26.4. The molecule has 3 aromatic heterocycles. The van der Waals surface area contributed by atoms with Gasteiger partial charge in [-0.15, -0.1) is 4.79 Å². The molecule has 0 atom stereocenters. The van der Waals surface area contributed by atoms with Crippen molar-refractivity contribution in [2.75, 3.05) is 0 Å². The van der Waals surface area contributed by atoms with Gasteiger partial charge in [0.25, 0.3) is 0 Å². The van der Waals surface area contributed by atoms with Crippen molar-refractivity contribution in [1.29, 1.82) is 0 Å². The number of hydrogen-bond acceptors (Lipinski definition) is 6. The molecule has 5 heterocycles. The summed E-state index contributed by atoms with van der Waals surface area (Å²) >= 11 is 0. The van der Waals surface area contributed by atoms with Crippen LogP contribution in [-0.2, 0) is 17.1 Å². The van der Waals surface area contributed by atoms with E-state index >= 15 is 35.2 Å². The summed E-state index contributed by atoms with van der Waals surface area (Å²) in [5, 5.41) is -6.24. The number of aromatic amines is 1. The van der Waals surface area contributed by atoms with E-state index in [1.807, 2.05) is 4.98 Å². The summed E-state index contributed by atoms with van der Waals surface area (Å²) in [4.78, 5) is 22.3. The topological polar surface area (TPSA) is 98.1 Å². The van der Waals surface area contributed by atoms with E-state index in [-0.39, 0.29) is 23.1 Å². The summed E-state index contributed by atoms with van der Waals surface area (Å²) < 4.78 is 241.